The van der Waals surface area contributed by atoms with E-state index in [9.17, 15) is 9.18 Å². The predicted molar refractivity (Wildman–Crippen MR) is 98.3 cm³/mol. The average molecular weight is 355 g/mol. The number of fused-ring (bicyclic) bond motifs is 1. The quantitative estimate of drug-likeness (QED) is 0.703. The summed E-state index contributed by atoms with van der Waals surface area (Å²) in [4.78, 5) is 20.4. The number of H-pyrrole nitrogens is 1. The van der Waals surface area contributed by atoms with Crippen LogP contribution in [-0.4, -0.2) is 22.0 Å². The number of imidazole rings is 1. The molecule has 0 saturated heterocycles. The summed E-state index contributed by atoms with van der Waals surface area (Å²) in [5.41, 5.74) is 1.79. The molecule has 3 aromatic rings. The highest BCUT2D eigenvalue weighted by atomic mass is 19.1. The highest BCUT2D eigenvalue weighted by Crippen LogP contribution is 2.22. The molecule has 6 heteroatoms. The predicted octanol–water partition coefficient (Wildman–Crippen LogP) is 3.98. The second kappa shape index (κ2) is 7.56. The first-order valence-electron chi connectivity index (χ1n) is 8.61. The van der Waals surface area contributed by atoms with Crippen LogP contribution < -0.4 is 10.1 Å². The smallest absolute Gasteiger partial charge is 0.261 e. The van der Waals surface area contributed by atoms with Crippen LogP contribution in [0.2, 0.25) is 0 Å². The first-order valence-corrected chi connectivity index (χ1v) is 8.61. The van der Waals surface area contributed by atoms with E-state index in [0.717, 1.165) is 11.0 Å². The van der Waals surface area contributed by atoms with Gasteiger partial charge in [0.1, 0.15) is 17.4 Å². The molecule has 0 bridgehead atoms. The standard InChI is InChI=1S/C20H22FN3O2/c1-12(2)18(19-22-16-6-4-5-7-17(16)23-19)24-20(25)13(3)26-15-10-8-14(21)9-11-15/h4-13,18H,1-3H3,(H,22,23)(H,24,25)/t13-,18+/m1/s1. The zero-order chi connectivity index (χ0) is 18.7. The lowest BCUT2D eigenvalue weighted by Gasteiger charge is -2.23. The van der Waals surface area contributed by atoms with Crippen LogP contribution >= 0.6 is 0 Å². The topological polar surface area (TPSA) is 67.0 Å². The maximum atomic E-state index is 13.0. The van der Waals surface area contributed by atoms with E-state index < -0.39 is 6.10 Å². The molecule has 3 rings (SSSR count). The molecule has 136 valence electrons. The van der Waals surface area contributed by atoms with Crippen molar-refractivity contribution in [2.24, 2.45) is 5.92 Å². The average Bonchev–Trinajstić information content (AvgIpc) is 3.04. The Morgan fingerprint density at radius 1 is 1.12 bits per heavy atom. The molecule has 1 amide bonds. The summed E-state index contributed by atoms with van der Waals surface area (Å²) in [6.45, 7) is 5.70. The van der Waals surface area contributed by atoms with Crippen molar-refractivity contribution in [2.75, 3.05) is 0 Å². The fraction of sp³-hybridized carbons (Fsp3) is 0.300. The van der Waals surface area contributed by atoms with Gasteiger partial charge in [0.15, 0.2) is 6.10 Å². The van der Waals surface area contributed by atoms with Crippen LogP contribution in [0.1, 0.15) is 32.6 Å². The number of carbonyl (C=O) groups excluding carboxylic acids is 1. The van der Waals surface area contributed by atoms with Gasteiger partial charge in [0, 0.05) is 0 Å². The number of carbonyl (C=O) groups is 1. The number of hydrogen-bond acceptors (Lipinski definition) is 3. The highest BCUT2D eigenvalue weighted by molar-refractivity contribution is 5.81. The van der Waals surface area contributed by atoms with E-state index in [1.54, 1.807) is 6.92 Å². The van der Waals surface area contributed by atoms with Crippen molar-refractivity contribution in [3.8, 4) is 5.75 Å². The summed E-state index contributed by atoms with van der Waals surface area (Å²) < 4.78 is 18.6. The lowest BCUT2D eigenvalue weighted by atomic mass is 10.0. The van der Waals surface area contributed by atoms with Crippen LogP contribution in [0.3, 0.4) is 0 Å². The molecule has 2 aromatic carbocycles. The maximum absolute atomic E-state index is 13.0. The normalized spacial score (nSPS) is 13.6. The lowest BCUT2D eigenvalue weighted by molar-refractivity contribution is -0.128. The van der Waals surface area contributed by atoms with Crippen molar-refractivity contribution in [3.63, 3.8) is 0 Å². The Morgan fingerprint density at radius 2 is 1.81 bits per heavy atom. The van der Waals surface area contributed by atoms with Gasteiger partial charge in [0.05, 0.1) is 17.1 Å². The van der Waals surface area contributed by atoms with E-state index in [1.165, 1.54) is 24.3 Å². The molecule has 0 aliphatic rings. The van der Waals surface area contributed by atoms with Gasteiger partial charge in [-0.2, -0.15) is 0 Å². The van der Waals surface area contributed by atoms with E-state index >= 15 is 0 Å². The van der Waals surface area contributed by atoms with E-state index in [1.807, 2.05) is 38.1 Å². The number of nitrogens with one attached hydrogen (secondary N) is 2. The lowest BCUT2D eigenvalue weighted by Crippen LogP contribution is -2.40. The van der Waals surface area contributed by atoms with Gasteiger partial charge in [-0.1, -0.05) is 26.0 Å². The number of amides is 1. The molecule has 0 fully saturated rings. The Morgan fingerprint density at radius 3 is 2.46 bits per heavy atom. The van der Waals surface area contributed by atoms with Crippen molar-refractivity contribution in [3.05, 3.63) is 60.2 Å². The monoisotopic (exact) mass is 355 g/mol. The van der Waals surface area contributed by atoms with Gasteiger partial charge in [0.25, 0.3) is 5.91 Å². The number of aromatic nitrogens is 2. The highest BCUT2D eigenvalue weighted by Gasteiger charge is 2.25. The molecule has 0 saturated carbocycles. The van der Waals surface area contributed by atoms with Crippen LogP contribution in [0.15, 0.2) is 48.5 Å². The third kappa shape index (κ3) is 4.02. The molecule has 2 N–H and O–H groups in total. The number of hydrogen-bond donors (Lipinski definition) is 2. The molecule has 26 heavy (non-hydrogen) atoms. The third-order valence-corrected chi connectivity index (χ3v) is 4.16. The summed E-state index contributed by atoms with van der Waals surface area (Å²) >= 11 is 0. The van der Waals surface area contributed by atoms with Crippen molar-refractivity contribution < 1.29 is 13.9 Å². The molecule has 2 atom stereocenters. The molecule has 5 nitrogen and oxygen atoms in total. The molecule has 0 radical (unpaired) electrons. The molecule has 0 aliphatic heterocycles. The molecule has 0 spiro atoms. The van der Waals surface area contributed by atoms with Crippen molar-refractivity contribution >= 4 is 16.9 Å². The number of para-hydroxylation sites is 2. The van der Waals surface area contributed by atoms with Gasteiger partial charge in [-0.15, -0.1) is 0 Å². The summed E-state index contributed by atoms with van der Waals surface area (Å²) in [7, 11) is 0. The number of ether oxygens (including phenoxy) is 1. The Labute approximate surface area is 151 Å². The van der Waals surface area contributed by atoms with E-state index in [-0.39, 0.29) is 23.7 Å². The first kappa shape index (κ1) is 17.9. The summed E-state index contributed by atoms with van der Waals surface area (Å²) in [5, 5.41) is 2.99. The number of aromatic amines is 1. The van der Waals surface area contributed by atoms with Crippen LogP contribution in [0.5, 0.6) is 5.75 Å². The van der Waals surface area contributed by atoms with Crippen LogP contribution in [-0.2, 0) is 4.79 Å². The van der Waals surface area contributed by atoms with Gasteiger partial charge in [-0.05, 0) is 49.2 Å². The maximum Gasteiger partial charge on any atom is 0.261 e. The summed E-state index contributed by atoms with van der Waals surface area (Å²) in [6.07, 6.45) is -0.717. The minimum Gasteiger partial charge on any atom is -0.481 e. The van der Waals surface area contributed by atoms with Gasteiger partial charge in [-0.25, -0.2) is 9.37 Å². The van der Waals surface area contributed by atoms with Gasteiger partial charge >= 0.3 is 0 Å². The van der Waals surface area contributed by atoms with Crippen LogP contribution in [0.4, 0.5) is 4.39 Å². The minimum absolute atomic E-state index is 0.137. The third-order valence-electron chi connectivity index (χ3n) is 4.16. The Balaban J connectivity index is 1.72. The van der Waals surface area contributed by atoms with Gasteiger partial charge in [0.2, 0.25) is 0 Å². The molecule has 0 aliphatic carbocycles. The zero-order valence-corrected chi connectivity index (χ0v) is 15.0. The largest absolute Gasteiger partial charge is 0.481 e. The van der Waals surface area contributed by atoms with E-state index in [0.29, 0.717) is 11.6 Å². The molecule has 0 unspecified atom stereocenters. The van der Waals surface area contributed by atoms with Crippen molar-refractivity contribution in [1.82, 2.24) is 15.3 Å². The fourth-order valence-electron chi connectivity index (χ4n) is 2.71. The first-order chi connectivity index (χ1) is 12.4. The van der Waals surface area contributed by atoms with Crippen LogP contribution in [0, 0.1) is 11.7 Å². The molecule has 1 aromatic heterocycles. The van der Waals surface area contributed by atoms with Crippen molar-refractivity contribution in [2.45, 2.75) is 32.9 Å². The number of nitrogens with zero attached hydrogens (tertiary/aromatic N) is 1. The van der Waals surface area contributed by atoms with Crippen LogP contribution in [0.25, 0.3) is 11.0 Å². The summed E-state index contributed by atoms with van der Waals surface area (Å²) in [5.74, 6) is 0.688. The number of benzene rings is 2. The number of rotatable bonds is 6. The zero-order valence-electron chi connectivity index (χ0n) is 15.0. The SMILES string of the molecule is CC(C)[C@H](NC(=O)[C@@H](C)Oc1ccc(F)cc1)c1nc2ccccc2[nH]1. The molecule has 1 heterocycles. The Hall–Kier alpha value is -2.89. The fourth-order valence-corrected chi connectivity index (χ4v) is 2.71. The Bertz CT molecular complexity index is 856. The van der Waals surface area contributed by atoms with Gasteiger partial charge < -0.3 is 15.0 Å². The summed E-state index contributed by atoms with van der Waals surface area (Å²) in [6, 6.07) is 13.1. The molecular formula is C20H22FN3O2. The Kier molecular flexibility index (Phi) is 5.21. The van der Waals surface area contributed by atoms with E-state index in [4.69, 9.17) is 4.74 Å². The second-order valence-electron chi connectivity index (χ2n) is 6.58. The van der Waals surface area contributed by atoms with Gasteiger partial charge in [-0.3, -0.25) is 4.79 Å². The minimum atomic E-state index is -0.717. The van der Waals surface area contributed by atoms with E-state index in [2.05, 4.69) is 15.3 Å². The second-order valence-corrected chi connectivity index (χ2v) is 6.58. The molecular weight excluding hydrogens is 333 g/mol. The number of halogens is 1. The van der Waals surface area contributed by atoms with Crippen molar-refractivity contribution in [1.29, 1.82) is 0 Å².